The van der Waals surface area contributed by atoms with Crippen molar-refractivity contribution in [3.8, 4) is 5.75 Å². The fraction of sp³-hybridized carbons (Fsp3) is 0.588. The van der Waals surface area contributed by atoms with Crippen molar-refractivity contribution in [1.29, 1.82) is 0 Å². The molecular weight excluding hydrogens is 342 g/mol. The molecule has 2 aliphatic rings. The predicted molar refractivity (Wildman–Crippen MR) is 94.3 cm³/mol. The van der Waals surface area contributed by atoms with E-state index in [9.17, 15) is 13.2 Å². The Morgan fingerprint density at radius 3 is 2.68 bits per heavy atom. The summed E-state index contributed by atoms with van der Waals surface area (Å²) in [6.07, 6.45) is 3.66. The summed E-state index contributed by atoms with van der Waals surface area (Å²) in [6, 6.07) is 4.66. The van der Waals surface area contributed by atoms with Crippen molar-refractivity contribution >= 4 is 15.9 Å². The Morgan fingerprint density at radius 2 is 2.04 bits per heavy atom. The standard InChI is InChI=1S/C17H25N3O4S/c1-24-15-7-6-13(17(21)19-14-5-4-8-18-12-14)11-16(15)25(22,23)20-9-2-3-10-20/h6-7,11,14,18H,2-5,8-10,12H2,1H3,(H,19,21)/t14-/m0/s1. The van der Waals surface area contributed by atoms with E-state index in [-0.39, 0.29) is 22.6 Å². The second-order valence-corrected chi connectivity index (χ2v) is 8.40. The zero-order chi connectivity index (χ0) is 17.9. The molecule has 1 aromatic carbocycles. The number of nitrogens with one attached hydrogen (secondary N) is 2. The molecule has 0 aromatic heterocycles. The van der Waals surface area contributed by atoms with Crippen molar-refractivity contribution in [2.24, 2.45) is 0 Å². The van der Waals surface area contributed by atoms with Crippen LogP contribution in [0.4, 0.5) is 0 Å². The number of nitrogens with zero attached hydrogens (tertiary/aromatic N) is 1. The van der Waals surface area contributed by atoms with Gasteiger partial charge >= 0.3 is 0 Å². The summed E-state index contributed by atoms with van der Waals surface area (Å²) < 4.78 is 32.5. The molecule has 2 saturated heterocycles. The van der Waals surface area contributed by atoms with Crippen molar-refractivity contribution < 1.29 is 17.9 Å². The molecule has 1 amide bonds. The molecular formula is C17H25N3O4S. The van der Waals surface area contributed by atoms with Gasteiger partial charge in [0.05, 0.1) is 7.11 Å². The van der Waals surface area contributed by atoms with Crippen LogP contribution in [0.25, 0.3) is 0 Å². The molecule has 0 bridgehead atoms. The van der Waals surface area contributed by atoms with E-state index in [1.54, 1.807) is 12.1 Å². The average Bonchev–Trinajstić information content (AvgIpc) is 3.17. The Labute approximate surface area is 148 Å². The number of ether oxygens (including phenoxy) is 1. The first-order valence-corrected chi connectivity index (χ1v) is 10.2. The summed E-state index contributed by atoms with van der Waals surface area (Å²) in [5, 5.41) is 6.22. The number of carbonyl (C=O) groups is 1. The highest BCUT2D eigenvalue weighted by Gasteiger charge is 2.31. The number of hydrogen-bond donors (Lipinski definition) is 2. The molecule has 1 atom stereocenters. The number of carbonyl (C=O) groups excluding carboxylic acids is 1. The van der Waals surface area contributed by atoms with E-state index in [0.717, 1.165) is 38.8 Å². The van der Waals surface area contributed by atoms with Crippen LogP contribution in [0.15, 0.2) is 23.1 Å². The lowest BCUT2D eigenvalue weighted by Gasteiger charge is -2.24. The van der Waals surface area contributed by atoms with Crippen LogP contribution in [-0.4, -0.2) is 58.0 Å². The number of hydrogen-bond acceptors (Lipinski definition) is 5. The SMILES string of the molecule is COc1ccc(C(=O)N[C@H]2CCCNC2)cc1S(=O)(=O)N1CCCC1. The molecule has 2 N–H and O–H groups in total. The van der Waals surface area contributed by atoms with Crippen LogP contribution in [0, 0.1) is 0 Å². The lowest BCUT2D eigenvalue weighted by atomic mass is 10.1. The highest BCUT2D eigenvalue weighted by Crippen LogP contribution is 2.29. The highest BCUT2D eigenvalue weighted by molar-refractivity contribution is 7.89. The van der Waals surface area contributed by atoms with Gasteiger partial charge in [0.2, 0.25) is 10.0 Å². The Balaban J connectivity index is 1.85. The highest BCUT2D eigenvalue weighted by atomic mass is 32.2. The third kappa shape index (κ3) is 3.96. The molecule has 0 radical (unpaired) electrons. The summed E-state index contributed by atoms with van der Waals surface area (Å²) in [5.41, 5.74) is 0.337. The second kappa shape index (κ2) is 7.72. The zero-order valence-corrected chi connectivity index (χ0v) is 15.3. The number of rotatable bonds is 5. The number of sulfonamides is 1. The van der Waals surface area contributed by atoms with Gasteiger partial charge in [0.15, 0.2) is 0 Å². The smallest absolute Gasteiger partial charge is 0.251 e. The molecule has 0 saturated carbocycles. The van der Waals surface area contributed by atoms with Crippen LogP contribution in [0.3, 0.4) is 0 Å². The van der Waals surface area contributed by atoms with Crippen molar-refractivity contribution in [3.05, 3.63) is 23.8 Å². The number of benzene rings is 1. The summed E-state index contributed by atoms with van der Waals surface area (Å²) in [4.78, 5) is 12.6. The summed E-state index contributed by atoms with van der Waals surface area (Å²) >= 11 is 0. The molecule has 0 aliphatic carbocycles. The van der Waals surface area contributed by atoms with Gasteiger partial charge < -0.3 is 15.4 Å². The summed E-state index contributed by atoms with van der Waals surface area (Å²) in [7, 11) is -2.22. The van der Waals surface area contributed by atoms with Crippen molar-refractivity contribution in [1.82, 2.24) is 14.9 Å². The third-order valence-electron chi connectivity index (χ3n) is 4.74. The molecule has 2 fully saturated rings. The molecule has 0 unspecified atom stereocenters. The third-order valence-corrected chi connectivity index (χ3v) is 6.66. The number of piperidine rings is 1. The van der Waals surface area contributed by atoms with Gasteiger partial charge in [-0.3, -0.25) is 4.79 Å². The second-order valence-electron chi connectivity index (χ2n) is 6.49. The monoisotopic (exact) mass is 367 g/mol. The van der Waals surface area contributed by atoms with Gasteiger partial charge in [-0.15, -0.1) is 0 Å². The van der Waals surface area contributed by atoms with E-state index in [0.29, 0.717) is 18.7 Å². The maximum atomic E-state index is 12.9. The molecule has 138 valence electrons. The fourth-order valence-corrected chi connectivity index (χ4v) is 5.03. The summed E-state index contributed by atoms with van der Waals surface area (Å²) in [6.45, 7) is 2.72. The van der Waals surface area contributed by atoms with Gasteiger partial charge in [-0.25, -0.2) is 8.42 Å². The maximum Gasteiger partial charge on any atom is 0.251 e. The van der Waals surface area contributed by atoms with Gasteiger partial charge in [-0.1, -0.05) is 0 Å². The normalized spacial score (nSPS) is 21.9. The van der Waals surface area contributed by atoms with Gasteiger partial charge in [0, 0.05) is 31.2 Å². The van der Waals surface area contributed by atoms with E-state index in [1.807, 2.05) is 0 Å². The lowest BCUT2D eigenvalue weighted by Crippen LogP contribution is -2.45. The first kappa shape index (κ1) is 18.2. The van der Waals surface area contributed by atoms with E-state index < -0.39 is 10.0 Å². The van der Waals surface area contributed by atoms with Crippen LogP contribution in [0.2, 0.25) is 0 Å². The summed E-state index contributed by atoms with van der Waals surface area (Å²) in [5.74, 6) is 0.0111. The Bertz CT molecular complexity index is 723. The van der Waals surface area contributed by atoms with E-state index in [4.69, 9.17) is 4.74 Å². The van der Waals surface area contributed by atoms with Crippen LogP contribution in [0.1, 0.15) is 36.0 Å². The maximum absolute atomic E-state index is 12.9. The Kier molecular flexibility index (Phi) is 5.61. The average molecular weight is 367 g/mol. The first-order valence-electron chi connectivity index (χ1n) is 8.72. The minimum atomic E-state index is -3.65. The molecule has 25 heavy (non-hydrogen) atoms. The molecule has 2 heterocycles. The quantitative estimate of drug-likeness (QED) is 0.809. The van der Waals surface area contributed by atoms with E-state index >= 15 is 0 Å². The molecule has 7 nitrogen and oxygen atoms in total. The molecule has 0 spiro atoms. The van der Waals surface area contributed by atoms with Gasteiger partial charge in [0.25, 0.3) is 5.91 Å². The van der Waals surface area contributed by atoms with E-state index in [2.05, 4.69) is 10.6 Å². The van der Waals surface area contributed by atoms with Crippen LogP contribution >= 0.6 is 0 Å². The largest absolute Gasteiger partial charge is 0.495 e. The van der Waals surface area contributed by atoms with Crippen LogP contribution < -0.4 is 15.4 Å². The topological polar surface area (TPSA) is 87.7 Å². The zero-order valence-electron chi connectivity index (χ0n) is 14.5. The van der Waals surface area contributed by atoms with Gasteiger partial charge in [-0.2, -0.15) is 4.31 Å². The van der Waals surface area contributed by atoms with Crippen molar-refractivity contribution in [2.45, 2.75) is 36.6 Å². The number of amides is 1. The minimum absolute atomic E-state index is 0.0614. The minimum Gasteiger partial charge on any atom is -0.495 e. The lowest BCUT2D eigenvalue weighted by molar-refractivity contribution is 0.0930. The van der Waals surface area contributed by atoms with E-state index in [1.165, 1.54) is 17.5 Å². The molecule has 3 rings (SSSR count). The molecule has 8 heteroatoms. The van der Waals surface area contributed by atoms with Gasteiger partial charge in [0.1, 0.15) is 10.6 Å². The Hall–Kier alpha value is -1.64. The van der Waals surface area contributed by atoms with Crippen LogP contribution in [0.5, 0.6) is 5.75 Å². The van der Waals surface area contributed by atoms with Crippen molar-refractivity contribution in [2.75, 3.05) is 33.3 Å². The molecule has 2 aliphatic heterocycles. The predicted octanol–water partition coefficient (Wildman–Crippen LogP) is 0.961. The first-order chi connectivity index (χ1) is 12.0. The fourth-order valence-electron chi connectivity index (χ4n) is 3.33. The Morgan fingerprint density at radius 1 is 1.28 bits per heavy atom. The van der Waals surface area contributed by atoms with Gasteiger partial charge in [-0.05, 0) is 50.4 Å². The van der Waals surface area contributed by atoms with Crippen molar-refractivity contribution in [3.63, 3.8) is 0 Å². The van der Waals surface area contributed by atoms with Crippen LogP contribution in [-0.2, 0) is 10.0 Å². The molecule has 1 aromatic rings. The number of methoxy groups -OCH3 is 1.